The molecule has 0 saturated heterocycles. The van der Waals surface area contributed by atoms with Crippen molar-refractivity contribution in [2.24, 2.45) is 5.92 Å². The monoisotopic (exact) mass is 334 g/mol. The quantitative estimate of drug-likeness (QED) is 0.484. The third-order valence-corrected chi connectivity index (χ3v) is 3.67. The first-order chi connectivity index (χ1) is 10.6. The first kappa shape index (κ1) is 16.8. The minimum atomic E-state index is -5.03. The van der Waals surface area contributed by atoms with Gasteiger partial charge in [-0.15, -0.1) is 0 Å². The molecule has 0 amide bonds. The number of halogens is 3. The molecular weight excluding hydrogens is 321 g/mol. The first-order valence-corrected chi connectivity index (χ1v) is 6.61. The maximum Gasteiger partial charge on any atom is 0.419 e. The molecule has 0 aromatic heterocycles. The average Bonchev–Trinajstić information content (AvgIpc) is 3.18. The molecule has 126 valence electrons. The molecule has 0 unspecified atom stereocenters. The van der Waals surface area contributed by atoms with E-state index in [4.69, 9.17) is 5.73 Å². The number of nitrogens with zero attached hydrogens (tertiary/aromatic N) is 2. The fourth-order valence-corrected chi connectivity index (χ4v) is 2.56. The Morgan fingerprint density at radius 1 is 1.22 bits per heavy atom. The van der Waals surface area contributed by atoms with E-state index in [0.717, 1.165) is 7.05 Å². The van der Waals surface area contributed by atoms with Crippen LogP contribution < -0.4 is 11.1 Å². The van der Waals surface area contributed by atoms with E-state index in [0.29, 0.717) is 12.8 Å². The smallest absolute Gasteiger partial charge is 0.393 e. The molecule has 11 heteroatoms. The summed E-state index contributed by atoms with van der Waals surface area (Å²) in [5, 5.41) is 24.7. The van der Waals surface area contributed by atoms with E-state index in [1.165, 1.54) is 0 Å². The summed E-state index contributed by atoms with van der Waals surface area (Å²) in [5.41, 5.74) is -0.480. The predicted octanol–water partition coefficient (Wildman–Crippen LogP) is 3.10. The Labute approximate surface area is 127 Å². The lowest BCUT2D eigenvalue weighted by atomic mass is 9.95. The Bertz CT molecular complexity index is 686. The van der Waals surface area contributed by atoms with Crippen LogP contribution >= 0.6 is 0 Å². The van der Waals surface area contributed by atoms with Gasteiger partial charge in [-0.2, -0.15) is 13.2 Å². The fourth-order valence-electron chi connectivity index (χ4n) is 2.56. The highest BCUT2D eigenvalue weighted by atomic mass is 19.4. The van der Waals surface area contributed by atoms with Gasteiger partial charge in [0.05, 0.1) is 15.4 Å². The van der Waals surface area contributed by atoms with Gasteiger partial charge in [0.25, 0.3) is 0 Å². The molecule has 0 atom stereocenters. The number of benzene rings is 1. The summed E-state index contributed by atoms with van der Waals surface area (Å²) in [6.07, 6.45) is -3.92. The van der Waals surface area contributed by atoms with Crippen molar-refractivity contribution in [2.75, 3.05) is 18.1 Å². The number of nitrogens with one attached hydrogen (secondary N) is 1. The standard InChI is InChI=1S/C12H13F3N4O4/c1-17-9-10(18(20)21)6(4-5-2-3-5)7(12(13,14)15)8(16)11(9)19(22)23/h5,17H,2-4,16H2,1H3. The molecule has 1 aromatic rings. The van der Waals surface area contributed by atoms with Gasteiger partial charge in [0.1, 0.15) is 5.69 Å². The normalized spacial score (nSPS) is 14.6. The maximum atomic E-state index is 13.4. The van der Waals surface area contributed by atoms with Crippen molar-refractivity contribution < 1.29 is 23.0 Å². The van der Waals surface area contributed by atoms with Gasteiger partial charge in [-0.1, -0.05) is 0 Å². The molecule has 0 heterocycles. The topological polar surface area (TPSA) is 124 Å². The van der Waals surface area contributed by atoms with E-state index in [1.54, 1.807) is 0 Å². The third-order valence-electron chi connectivity index (χ3n) is 3.67. The van der Waals surface area contributed by atoms with Crippen molar-refractivity contribution in [3.63, 3.8) is 0 Å². The van der Waals surface area contributed by atoms with Gasteiger partial charge in [0.2, 0.25) is 0 Å². The molecule has 0 spiro atoms. The van der Waals surface area contributed by atoms with Crippen LogP contribution in [-0.2, 0) is 12.6 Å². The van der Waals surface area contributed by atoms with E-state index in [2.05, 4.69) is 5.32 Å². The number of nitro groups is 2. The Kier molecular flexibility index (Phi) is 4.05. The molecule has 0 aliphatic heterocycles. The van der Waals surface area contributed by atoms with Gasteiger partial charge in [0.15, 0.2) is 5.69 Å². The number of nitro benzene ring substituents is 2. The molecule has 0 bridgehead atoms. The number of rotatable bonds is 5. The molecular formula is C12H13F3N4O4. The molecule has 1 aliphatic rings. The van der Waals surface area contributed by atoms with Crippen LogP contribution in [0.15, 0.2) is 0 Å². The van der Waals surface area contributed by atoms with E-state index in [1.807, 2.05) is 0 Å². The van der Waals surface area contributed by atoms with Gasteiger partial charge in [-0.25, -0.2) is 0 Å². The van der Waals surface area contributed by atoms with E-state index < -0.39 is 49.9 Å². The zero-order valence-corrected chi connectivity index (χ0v) is 11.9. The van der Waals surface area contributed by atoms with Gasteiger partial charge >= 0.3 is 17.6 Å². The Hall–Kier alpha value is -2.59. The maximum absolute atomic E-state index is 13.4. The van der Waals surface area contributed by atoms with Crippen LogP contribution in [0.1, 0.15) is 24.0 Å². The summed E-state index contributed by atoms with van der Waals surface area (Å²) in [5.74, 6) is -0.111. The molecule has 23 heavy (non-hydrogen) atoms. The van der Waals surface area contributed by atoms with Crippen LogP contribution in [0, 0.1) is 26.1 Å². The zero-order chi connectivity index (χ0) is 17.5. The second kappa shape index (κ2) is 5.56. The lowest BCUT2D eigenvalue weighted by Gasteiger charge is -2.18. The highest BCUT2D eigenvalue weighted by Gasteiger charge is 2.46. The highest BCUT2D eigenvalue weighted by molar-refractivity contribution is 5.88. The Morgan fingerprint density at radius 2 is 1.74 bits per heavy atom. The number of alkyl halides is 3. The minimum Gasteiger partial charge on any atom is -0.393 e. The SMILES string of the molecule is CNc1c([N+](=O)[O-])c(N)c(C(F)(F)F)c(CC2CC2)c1[N+](=O)[O-]. The van der Waals surface area contributed by atoms with Crippen LogP contribution in [0.2, 0.25) is 0 Å². The van der Waals surface area contributed by atoms with Crippen LogP contribution in [-0.4, -0.2) is 16.9 Å². The fraction of sp³-hybridized carbons (Fsp3) is 0.500. The number of nitrogens with two attached hydrogens (primary N) is 1. The lowest BCUT2D eigenvalue weighted by Crippen LogP contribution is -2.18. The summed E-state index contributed by atoms with van der Waals surface area (Å²) in [7, 11) is 1.16. The highest BCUT2D eigenvalue weighted by Crippen LogP contribution is 2.51. The van der Waals surface area contributed by atoms with Crippen LogP contribution in [0.3, 0.4) is 0 Å². The van der Waals surface area contributed by atoms with Gasteiger partial charge in [-0.05, 0) is 25.2 Å². The van der Waals surface area contributed by atoms with Crippen molar-refractivity contribution in [3.8, 4) is 0 Å². The first-order valence-electron chi connectivity index (χ1n) is 6.61. The van der Waals surface area contributed by atoms with Gasteiger partial charge in [-0.3, -0.25) is 20.2 Å². The second-order valence-corrected chi connectivity index (χ2v) is 5.25. The predicted molar refractivity (Wildman–Crippen MR) is 75.1 cm³/mol. The second-order valence-electron chi connectivity index (χ2n) is 5.25. The number of anilines is 2. The van der Waals surface area contributed by atoms with Crippen molar-refractivity contribution in [1.29, 1.82) is 0 Å². The van der Waals surface area contributed by atoms with Gasteiger partial charge < -0.3 is 11.1 Å². The summed E-state index contributed by atoms with van der Waals surface area (Å²) < 4.78 is 40.1. The van der Waals surface area contributed by atoms with Crippen LogP contribution in [0.25, 0.3) is 0 Å². The summed E-state index contributed by atoms with van der Waals surface area (Å²) in [6, 6.07) is 0. The van der Waals surface area contributed by atoms with Crippen molar-refractivity contribution in [1.82, 2.24) is 0 Å². The van der Waals surface area contributed by atoms with E-state index in [-0.39, 0.29) is 12.3 Å². The molecule has 2 rings (SSSR count). The van der Waals surface area contributed by atoms with Crippen LogP contribution in [0.4, 0.5) is 35.9 Å². The van der Waals surface area contributed by atoms with E-state index >= 15 is 0 Å². The molecule has 8 nitrogen and oxygen atoms in total. The summed E-state index contributed by atoms with van der Waals surface area (Å²) in [4.78, 5) is 20.2. The van der Waals surface area contributed by atoms with Crippen LogP contribution in [0.5, 0.6) is 0 Å². The number of nitrogen functional groups attached to an aromatic ring is 1. The molecule has 1 aliphatic carbocycles. The summed E-state index contributed by atoms with van der Waals surface area (Å²) in [6.45, 7) is 0. The van der Waals surface area contributed by atoms with Gasteiger partial charge in [0, 0.05) is 12.6 Å². The van der Waals surface area contributed by atoms with Crippen molar-refractivity contribution >= 4 is 22.7 Å². The summed E-state index contributed by atoms with van der Waals surface area (Å²) >= 11 is 0. The largest absolute Gasteiger partial charge is 0.419 e. The molecule has 0 radical (unpaired) electrons. The minimum absolute atomic E-state index is 0.111. The Morgan fingerprint density at radius 3 is 2.09 bits per heavy atom. The third kappa shape index (κ3) is 2.98. The number of hydrogen-bond acceptors (Lipinski definition) is 6. The molecule has 1 aromatic carbocycles. The molecule has 1 saturated carbocycles. The molecule has 3 N–H and O–H groups in total. The Balaban J connectivity index is 2.92. The number of hydrogen-bond donors (Lipinski definition) is 2. The zero-order valence-electron chi connectivity index (χ0n) is 11.9. The van der Waals surface area contributed by atoms with Crippen molar-refractivity contribution in [2.45, 2.75) is 25.4 Å². The lowest BCUT2D eigenvalue weighted by molar-refractivity contribution is -0.392. The van der Waals surface area contributed by atoms with Crippen molar-refractivity contribution in [3.05, 3.63) is 31.4 Å². The average molecular weight is 334 g/mol. The molecule has 1 fully saturated rings. The van der Waals surface area contributed by atoms with E-state index in [9.17, 15) is 33.4 Å².